The summed E-state index contributed by atoms with van der Waals surface area (Å²) in [6.07, 6.45) is 0. The minimum absolute atomic E-state index is 0.0252. The van der Waals surface area contributed by atoms with E-state index in [1.807, 2.05) is 30.3 Å². The van der Waals surface area contributed by atoms with Gasteiger partial charge < -0.3 is 15.1 Å². The Labute approximate surface area is 176 Å². The third kappa shape index (κ3) is 6.44. The number of benzene rings is 2. The van der Waals surface area contributed by atoms with Crippen LogP contribution in [0.25, 0.3) is 0 Å². The Bertz CT molecular complexity index is 877. The van der Waals surface area contributed by atoms with E-state index in [0.29, 0.717) is 11.3 Å². The molecule has 6 nitrogen and oxygen atoms in total. The molecule has 0 aromatic heterocycles. The van der Waals surface area contributed by atoms with Crippen molar-refractivity contribution in [3.63, 3.8) is 0 Å². The number of likely N-dealkylation sites (N-methyl/N-ethyl adjacent to an activating group) is 1. The summed E-state index contributed by atoms with van der Waals surface area (Å²) >= 11 is 1.44. The van der Waals surface area contributed by atoms with E-state index in [2.05, 4.69) is 22.2 Å². The fourth-order valence-electron chi connectivity index (χ4n) is 2.95. The summed E-state index contributed by atoms with van der Waals surface area (Å²) in [5, 5.41) is 3.73. The predicted octanol–water partition coefficient (Wildman–Crippen LogP) is 3.50. The van der Waals surface area contributed by atoms with E-state index < -0.39 is 0 Å². The molecule has 1 amide bonds. The molecule has 29 heavy (non-hydrogen) atoms. The topological polar surface area (TPSA) is 65.0 Å². The van der Waals surface area contributed by atoms with Crippen LogP contribution in [0.1, 0.15) is 17.3 Å². The highest BCUT2D eigenvalue weighted by molar-refractivity contribution is 8.14. The maximum Gasteiger partial charge on any atom is 0.234 e. The Hall–Kier alpha value is -2.64. The molecule has 1 aliphatic rings. The van der Waals surface area contributed by atoms with Gasteiger partial charge in [0.2, 0.25) is 5.91 Å². The van der Waals surface area contributed by atoms with Crippen LogP contribution < -0.4 is 5.32 Å². The van der Waals surface area contributed by atoms with Crippen molar-refractivity contribution in [3.8, 4) is 0 Å². The molecule has 3 rings (SSSR count). The SMILES string of the molecule is CC(=O)c1cccc(NC(=O)CSC(=Nc2ccccc2)N2CCN(C)CC2)c1. The van der Waals surface area contributed by atoms with Crippen molar-refractivity contribution in [1.82, 2.24) is 9.80 Å². The minimum atomic E-state index is -0.120. The Kier molecular flexibility index (Phi) is 7.43. The zero-order valence-corrected chi connectivity index (χ0v) is 17.6. The van der Waals surface area contributed by atoms with Crippen molar-refractivity contribution in [3.05, 3.63) is 60.2 Å². The largest absolute Gasteiger partial charge is 0.349 e. The Morgan fingerprint density at radius 2 is 1.76 bits per heavy atom. The van der Waals surface area contributed by atoms with Crippen LogP contribution in [0.2, 0.25) is 0 Å². The fraction of sp³-hybridized carbons (Fsp3) is 0.318. The molecule has 0 aliphatic carbocycles. The molecule has 1 saturated heterocycles. The zero-order chi connectivity index (χ0) is 20.6. The van der Waals surface area contributed by atoms with Gasteiger partial charge in [-0.15, -0.1) is 0 Å². The van der Waals surface area contributed by atoms with E-state index in [0.717, 1.165) is 37.0 Å². The number of hydrogen-bond donors (Lipinski definition) is 1. The van der Waals surface area contributed by atoms with E-state index in [-0.39, 0.29) is 17.4 Å². The normalized spacial score (nSPS) is 15.2. The summed E-state index contributed by atoms with van der Waals surface area (Å²) in [6, 6.07) is 16.8. The second-order valence-corrected chi connectivity index (χ2v) is 7.94. The Morgan fingerprint density at radius 1 is 1.03 bits per heavy atom. The van der Waals surface area contributed by atoms with Crippen LogP contribution in [-0.4, -0.2) is 65.6 Å². The number of anilines is 1. The highest BCUT2D eigenvalue weighted by Crippen LogP contribution is 2.19. The number of para-hydroxylation sites is 1. The van der Waals surface area contributed by atoms with Crippen LogP contribution in [0.5, 0.6) is 0 Å². The first-order valence-electron chi connectivity index (χ1n) is 9.62. The molecule has 2 aromatic rings. The standard InChI is InChI=1S/C22H26N4O2S/c1-17(27)18-7-6-10-20(15-18)23-21(28)16-29-22(24-19-8-4-3-5-9-19)26-13-11-25(2)12-14-26/h3-10,15H,11-14,16H2,1-2H3,(H,23,28). The molecular formula is C22H26N4O2S. The number of amidine groups is 1. The van der Waals surface area contributed by atoms with Crippen LogP contribution in [0.4, 0.5) is 11.4 Å². The van der Waals surface area contributed by atoms with Gasteiger partial charge in [0.05, 0.1) is 11.4 Å². The first-order chi connectivity index (χ1) is 14.0. The molecular weight excluding hydrogens is 384 g/mol. The monoisotopic (exact) mass is 410 g/mol. The van der Waals surface area contributed by atoms with Crippen LogP contribution in [0.3, 0.4) is 0 Å². The second kappa shape index (κ2) is 10.2. The number of aliphatic imine (C=N–C) groups is 1. The molecule has 2 aromatic carbocycles. The number of thioether (sulfide) groups is 1. The summed E-state index contributed by atoms with van der Waals surface area (Å²) < 4.78 is 0. The number of carbonyl (C=O) groups excluding carboxylic acids is 2. The molecule has 152 valence electrons. The average molecular weight is 411 g/mol. The summed E-state index contributed by atoms with van der Waals surface area (Å²) in [5.74, 6) is 0.107. The molecule has 1 N–H and O–H groups in total. The average Bonchev–Trinajstić information content (AvgIpc) is 2.72. The first kappa shape index (κ1) is 21.1. The van der Waals surface area contributed by atoms with Crippen molar-refractivity contribution < 1.29 is 9.59 Å². The minimum Gasteiger partial charge on any atom is -0.349 e. The number of hydrogen-bond acceptors (Lipinski definition) is 5. The molecule has 0 spiro atoms. The van der Waals surface area contributed by atoms with Crippen molar-refractivity contribution in [2.24, 2.45) is 4.99 Å². The maximum atomic E-state index is 12.5. The molecule has 1 heterocycles. The molecule has 0 unspecified atom stereocenters. The van der Waals surface area contributed by atoms with Gasteiger partial charge in [0.1, 0.15) is 0 Å². The van der Waals surface area contributed by atoms with Gasteiger partial charge in [0.15, 0.2) is 11.0 Å². The van der Waals surface area contributed by atoms with E-state index in [1.54, 1.807) is 24.3 Å². The number of nitrogens with one attached hydrogen (secondary N) is 1. The third-order valence-electron chi connectivity index (χ3n) is 4.64. The van der Waals surface area contributed by atoms with Gasteiger partial charge >= 0.3 is 0 Å². The zero-order valence-electron chi connectivity index (χ0n) is 16.8. The molecule has 7 heteroatoms. The van der Waals surface area contributed by atoms with Gasteiger partial charge in [-0.05, 0) is 38.2 Å². The number of Topliss-reactive ketones (excluding diaryl/α,β-unsaturated/α-hetero) is 1. The molecule has 0 radical (unpaired) electrons. The van der Waals surface area contributed by atoms with E-state index in [9.17, 15) is 9.59 Å². The number of nitrogens with zero attached hydrogens (tertiary/aromatic N) is 3. The van der Waals surface area contributed by atoms with Gasteiger partial charge in [-0.25, -0.2) is 4.99 Å². The van der Waals surface area contributed by atoms with Gasteiger partial charge in [-0.1, -0.05) is 42.1 Å². The number of carbonyl (C=O) groups is 2. The van der Waals surface area contributed by atoms with Crippen molar-refractivity contribution >= 4 is 40.0 Å². The first-order valence-corrected chi connectivity index (χ1v) is 10.6. The molecule has 1 aliphatic heterocycles. The number of ketones is 1. The van der Waals surface area contributed by atoms with E-state index in [1.165, 1.54) is 18.7 Å². The molecule has 0 saturated carbocycles. The van der Waals surface area contributed by atoms with E-state index >= 15 is 0 Å². The summed E-state index contributed by atoms with van der Waals surface area (Å²) in [7, 11) is 2.11. The summed E-state index contributed by atoms with van der Waals surface area (Å²) in [6.45, 7) is 5.23. The number of rotatable bonds is 5. The highest BCUT2D eigenvalue weighted by atomic mass is 32.2. The quantitative estimate of drug-likeness (QED) is 0.464. The predicted molar refractivity (Wildman–Crippen MR) is 120 cm³/mol. The molecule has 1 fully saturated rings. The van der Waals surface area contributed by atoms with Gasteiger partial charge in [-0.3, -0.25) is 9.59 Å². The van der Waals surface area contributed by atoms with E-state index in [4.69, 9.17) is 4.99 Å². The summed E-state index contributed by atoms with van der Waals surface area (Å²) in [4.78, 5) is 33.3. The second-order valence-electron chi connectivity index (χ2n) is 6.99. The number of piperazine rings is 1. The number of amides is 1. The van der Waals surface area contributed by atoms with Crippen molar-refractivity contribution in [2.75, 3.05) is 44.3 Å². The van der Waals surface area contributed by atoms with Crippen LogP contribution in [0.15, 0.2) is 59.6 Å². The molecule has 0 atom stereocenters. The lowest BCUT2D eigenvalue weighted by molar-refractivity contribution is -0.113. The lowest BCUT2D eigenvalue weighted by Gasteiger charge is -2.34. The van der Waals surface area contributed by atoms with Crippen LogP contribution in [0, 0.1) is 0 Å². The highest BCUT2D eigenvalue weighted by Gasteiger charge is 2.19. The molecule has 0 bridgehead atoms. The van der Waals surface area contributed by atoms with Gasteiger partial charge in [0.25, 0.3) is 0 Å². The smallest absolute Gasteiger partial charge is 0.234 e. The fourth-order valence-corrected chi connectivity index (χ4v) is 3.82. The third-order valence-corrected chi connectivity index (χ3v) is 5.65. The lowest BCUT2D eigenvalue weighted by atomic mass is 10.1. The maximum absolute atomic E-state index is 12.5. The van der Waals surface area contributed by atoms with Gasteiger partial charge in [0, 0.05) is 37.4 Å². The Morgan fingerprint density at radius 3 is 2.45 bits per heavy atom. The summed E-state index contributed by atoms with van der Waals surface area (Å²) in [5.41, 5.74) is 2.09. The van der Waals surface area contributed by atoms with Gasteiger partial charge in [-0.2, -0.15) is 0 Å². The van der Waals surface area contributed by atoms with Crippen molar-refractivity contribution in [2.45, 2.75) is 6.92 Å². The van der Waals surface area contributed by atoms with Crippen LogP contribution >= 0.6 is 11.8 Å². The van der Waals surface area contributed by atoms with Crippen molar-refractivity contribution in [1.29, 1.82) is 0 Å². The van der Waals surface area contributed by atoms with Crippen LogP contribution in [-0.2, 0) is 4.79 Å². The Balaban J connectivity index is 1.66. The lowest BCUT2D eigenvalue weighted by Crippen LogP contribution is -2.46.